The van der Waals surface area contributed by atoms with Gasteiger partial charge in [0.25, 0.3) is 0 Å². The van der Waals surface area contributed by atoms with E-state index in [0.717, 1.165) is 32.1 Å². The van der Waals surface area contributed by atoms with E-state index in [9.17, 15) is 4.79 Å². The van der Waals surface area contributed by atoms with Crippen molar-refractivity contribution in [1.82, 2.24) is 5.32 Å². The molecular formula is C13H20N2OS. The molecule has 1 heterocycles. The number of hydrogen-bond acceptors (Lipinski definition) is 3. The van der Waals surface area contributed by atoms with Crippen LogP contribution in [-0.2, 0) is 11.2 Å². The topological polar surface area (TPSA) is 55.1 Å². The van der Waals surface area contributed by atoms with Gasteiger partial charge in [0.15, 0.2) is 0 Å². The fourth-order valence-corrected chi connectivity index (χ4v) is 3.05. The predicted octanol–water partition coefficient (Wildman–Crippen LogP) is 2.07. The summed E-state index contributed by atoms with van der Waals surface area (Å²) in [5.41, 5.74) is 5.55. The van der Waals surface area contributed by atoms with Crippen molar-refractivity contribution in [1.29, 1.82) is 0 Å². The molecule has 1 aliphatic rings. The van der Waals surface area contributed by atoms with E-state index < -0.39 is 5.54 Å². The van der Waals surface area contributed by atoms with Crippen LogP contribution in [0.15, 0.2) is 17.5 Å². The van der Waals surface area contributed by atoms with Gasteiger partial charge in [0.05, 0.1) is 5.54 Å². The van der Waals surface area contributed by atoms with Gasteiger partial charge < -0.3 is 11.1 Å². The Hall–Kier alpha value is -0.870. The van der Waals surface area contributed by atoms with Crippen LogP contribution in [0.5, 0.6) is 0 Å². The normalized spacial score (nSPS) is 18.9. The van der Waals surface area contributed by atoms with Crippen molar-refractivity contribution in [2.75, 3.05) is 6.54 Å². The highest BCUT2D eigenvalue weighted by molar-refractivity contribution is 7.09. The molecule has 1 aliphatic carbocycles. The van der Waals surface area contributed by atoms with E-state index in [1.54, 1.807) is 11.3 Å². The molecule has 1 fully saturated rings. The highest BCUT2D eigenvalue weighted by Crippen LogP contribution is 2.25. The summed E-state index contributed by atoms with van der Waals surface area (Å²) in [6.07, 6.45) is 5.93. The van der Waals surface area contributed by atoms with E-state index in [1.165, 1.54) is 11.3 Å². The Morgan fingerprint density at radius 2 is 2.18 bits per heavy atom. The maximum atomic E-state index is 12.0. The van der Waals surface area contributed by atoms with Crippen molar-refractivity contribution < 1.29 is 4.79 Å². The molecular weight excluding hydrogens is 232 g/mol. The lowest BCUT2D eigenvalue weighted by Crippen LogP contribution is -2.55. The summed E-state index contributed by atoms with van der Waals surface area (Å²) in [5.74, 6) is 0.0359. The summed E-state index contributed by atoms with van der Waals surface area (Å²) >= 11 is 1.73. The molecule has 0 radical (unpaired) electrons. The molecule has 0 atom stereocenters. The van der Waals surface area contributed by atoms with Gasteiger partial charge in [-0.3, -0.25) is 4.79 Å². The highest BCUT2D eigenvalue weighted by atomic mass is 32.1. The Balaban J connectivity index is 1.76. The summed E-state index contributed by atoms with van der Waals surface area (Å²) in [5, 5.41) is 5.03. The highest BCUT2D eigenvalue weighted by Gasteiger charge is 2.34. The SMILES string of the molecule is NC1(C(=O)NCCc2cccs2)CCCCC1. The second-order valence-electron chi connectivity index (χ2n) is 4.80. The quantitative estimate of drug-likeness (QED) is 0.862. The first-order chi connectivity index (χ1) is 8.21. The Morgan fingerprint density at radius 3 is 2.82 bits per heavy atom. The zero-order chi connectivity index (χ0) is 12.1. The summed E-state index contributed by atoms with van der Waals surface area (Å²) in [6.45, 7) is 0.693. The van der Waals surface area contributed by atoms with Crippen LogP contribution in [-0.4, -0.2) is 18.0 Å². The molecule has 2 rings (SSSR count). The molecule has 3 N–H and O–H groups in total. The average molecular weight is 252 g/mol. The van der Waals surface area contributed by atoms with Gasteiger partial charge in [0.1, 0.15) is 0 Å². The zero-order valence-electron chi connectivity index (χ0n) is 10.1. The molecule has 0 saturated heterocycles. The summed E-state index contributed by atoms with van der Waals surface area (Å²) in [6, 6.07) is 4.13. The van der Waals surface area contributed by atoms with Crippen molar-refractivity contribution in [3.63, 3.8) is 0 Å². The molecule has 0 bridgehead atoms. The van der Waals surface area contributed by atoms with E-state index in [-0.39, 0.29) is 5.91 Å². The Kier molecular flexibility index (Phi) is 4.18. The van der Waals surface area contributed by atoms with Crippen LogP contribution < -0.4 is 11.1 Å². The third-order valence-electron chi connectivity index (χ3n) is 3.44. The largest absolute Gasteiger partial charge is 0.354 e. The molecule has 94 valence electrons. The van der Waals surface area contributed by atoms with Crippen LogP contribution >= 0.6 is 11.3 Å². The monoisotopic (exact) mass is 252 g/mol. The number of nitrogens with two attached hydrogens (primary N) is 1. The zero-order valence-corrected chi connectivity index (χ0v) is 10.9. The standard InChI is InChI=1S/C13H20N2OS/c14-13(7-2-1-3-8-13)12(16)15-9-6-11-5-4-10-17-11/h4-5,10H,1-3,6-9,14H2,(H,15,16). The van der Waals surface area contributed by atoms with Gasteiger partial charge in [0, 0.05) is 11.4 Å². The molecule has 1 aromatic heterocycles. The Bertz CT molecular complexity index is 356. The number of carbonyl (C=O) groups is 1. The van der Waals surface area contributed by atoms with Crippen LogP contribution in [0, 0.1) is 0 Å². The van der Waals surface area contributed by atoms with E-state index in [4.69, 9.17) is 5.73 Å². The molecule has 1 amide bonds. The first-order valence-electron chi connectivity index (χ1n) is 6.30. The van der Waals surface area contributed by atoms with Gasteiger partial charge in [-0.15, -0.1) is 11.3 Å². The Labute approximate surface area is 106 Å². The summed E-state index contributed by atoms with van der Waals surface area (Å²) in [4.78, 5) is 13.3. The van der Waals surface area contributed by atoms with Gasteiger partial charge in [-0.2, -0.15) is 0 Å². The van der Waals surface area contributed by atoms with Crippen LogP contribution in [0.3, 0.4) is 0 Å². The summed E-state index contributed by atoms with van der Waals surface area (Å²) in [7, 11) is 0. The number of rotatable bonds is 4. The molecule has 0 spiro atoms. The first-order valence-corrected chi connectivity index (χ1v) is 7.18. The lowest BCUT2D eigenvalue weighted by atomic mass is 9.82. The van der Waals surface area contributed by atoms with Crippen molar-refractivity contribution in [2.45, 2.75) is 44.1 Å². The fourth-order valence-electron chi connectivity index (χ4n) is 2.34. The van der Waals surface area contributed by atoms with E-state index in [2.05, 4.69) is 16.8 Å². The van der Waals surface area contributed by atoms with Crippen LogP contribution in [0.2, 0.25) is 0 Å². The first kappa shape index (κ1) is 12.6. The molecule has 1 saturated carbocycles. The van der Waals surface area contributed by atoms with Crippen molar-refractivity contribution in [3.8, 4) is 0 Å². The van der Waals surface area contributed by atoms with E-state index >= 15 is 0 Å². The molecule has 0 aliphatic heterocycles. The van der Waals surface area contributed by atoms with Gasteiger partial charge >= 0.3 is 0 Å². The molecule has 0 aromatic carbocycles. The molecule has 4 heteroatoms. The van der Waals surface area contributed by atoms with E-state index in [1.807, 2.05) is 6.07 Å². The lowest BCUT2D eigenvalue weighted by molar-refractivity contribution is -0.127. The van der Waals surface area contributed by atoms with Crippen LogP contribution in [0.4, 0.5) is 0 Å². The molecule has 3 nitrogen and oxygen atoms in total. The van der Waals surface area contributed by atoms with E-state index in [0.29, 0.717) is 6.54 Å². The number of nitrogens with one attached hydrogen (secondary N) is 1. The molecule has 17 heavy (non-hydrogen) atoms. The van der Waals surface area contributed by atoms with Crippen molar-refractivity contribution >= 4 is 17.2 Å². The second kappa shape index (κ2) is 5.65. The third-order valence-corrected chi connectivity index (χ3v) is 4.37. The number of hydrogen-bond donors (Lipinski definition) is 2. The molecule has 1 aromatic rings. The average Bonchev–Trinajstić information content (AvgIpc) is 2.83. The maximum absolute atomic E-state index is 12.0. The number of carbonyl (C=O) groups excluding carboxylic acids is 1. The lowest BCUT2D eigenvalue weighted by Gasteiger charge is -2.31. The number of thiophene rings is 1. The Morgan fingerprint density at radius 1 is 1.41 bits per heavy atom. The minimum atomic E-state index is -0.603. The van der Waals surface area contributed by atoms with Crippen LogP contribution in [0.25, 0.3) is 0 Å². The predicted molar refractivity (Wildman–Crippen MR) is 71.0 cm³/mol. The van der Waals surface area contributed by atoms with Crippen molar-refractivity contribution in [2.24, 2.45) is 5.73 Å². The smallest absolute Gasteiger partial charge is 0.240 e. The number of amides is 1. The van der Waals surface area contributed by atoms with Crippen LogP contribution in [0.1, 0.15) is 37.0 Å². The van der Waals surface area contributed by atoms with Gasteiger partial charge in [-0.25, -0.2) is 0 Å². The second-order valence-corrected chi connectivity index (χ2v) is 5.83. The minimum absolute atomic E-state index is 0.0359. The fraction of sp³-hybridized carbons (Fsp3) is 0.615. The van der Waals surface area contributed by atoms with Gasteiger partial charge in [0.2, 0.25) is 5.91 Å². The van der Waals surface area contributed by atoms with Gasteiger partial charge in [-0.05, 0) is 30.7 Å². The maximum Gasteiger partial charge on any atom is 0.240 e. The minimum Gasteiger partial charge on any atom is -0.354 e. The summed E-state index contributed by atoms with van der Waals surface area (Å²) < 4.78 is 0. The molecule has 0 unspecified atom stereocenters. The third kappa shape index (κ3) is 3.30. The van der Waals surface area contributed by atoms with Crippen molar-refractivity contribution in [3.05, 3.63) is 22.4 Å². The van der Waals surface area contributed by atoms with Gasteiger partial charge in [-0.1, -0.05) is 25.3 Å².